The zero-order chi connectivity index (χ0) is 30.5. The van der Waals surface area contributed by atoms with Gasteiger partial charge in [0.25, 0.3) is 0 Å². The second kappa shape index (κ2) is 15.1. The van der Waals surface area contributed by atoms with Crippen molar-refractivity contribution in [3.8, 4) is 0 Å². The van der Waals surface area contributed by atoms with Crippen LogP contribution in [0.25, 0.3) is 0 Å². The number of hydrogen-bond donors (Lipinski definition) is 2. The number of carbonyl (C=O) groups excluding carboxylic acids is 1. The van der Waals surface area contributed by atoms with Gasteiger partial charge in [-0.25, -0.2) is 0 Å². The zero-order valence-corrected chi connectivity index (χ0v) is 27.9. The monoisotopic (exact) mass is 629 g/mol. The van der Waals surface area contributed by atoms with Gasteiger partial charge < -0.3 is 19.8 Å². The molecule has 2 N–H and O–H groups in total. The summed E-state index contributed by atoms with van der Waals surface area (Å²) in [4.78, 5) is 26.2. The average molecular weight is 631 g/mol. The fraction of sp³-hybridized carbons (Fsp3) is 0.941. The summed E-state index contributed by atoms with van der Waals surface area (Å²) in [5, 5.41) is 20.9. The van der Waals surface area contributed by atoms with Crippen molar-refractivity contribution < 1.29 is 24.5 Å². The molecule has 4 aliphatic rings. The molecule has 4 aliphatic carbocycles. The van der Waals surface area contributed by atoms with Crippen LogP contribution in [0, 0.1) is 46.3 Å². The standard InChI is InChI=1S/C34H57Cl2NO5/c1-23(8-11-30(39)40)26-9-10-27-32-28(13-15-34(26,27)3)33(2)14-12-25(21-24(33)22-29(32)38)42-31(41)7-5-4-6-18-37(19-16-35)20-17-36/h23-29,32,38H,4-22H2,1-3H3,(H,39,40)/t23-,24?,25+,26-,27+,28+,29+,32+,33+,34-/m1/s1. The van der Waals surface area contributed by atoms with Crippen LogP contribution in [0.15, 0.2) is 0 Å². The van der Waals surface area contributed by atoms with Gasteiger partial charge in [0.1, 0.15) is 6.10 Å². The number of carboxylic acids is 1. The molecular weight excluding hydrogens is 573 g/mol. The number of ether oxygens (including phenoxy) is 1. The Labute approximate surface area is 264 Å². The molecule has 0 radical (unpaired) electrons. The van der Waals surface area contributed by atoms with E-state index in [1.54, 1.807) is 0 Å². The molecule has 0 aromatic rings. The molecule has 0 amide bonds. The number of aliphatic hydroxyl groups is 1. The summed E-state index contributed by atoms with van der Waals surface area (Å²) in [5.74, 6) is 3.18. The summed E-state index contributed by atoms with van der Waals surface area (Å²) in [6, 6.07) is 0. The number of halogens is 2. The molecular formula is C34H57Cl2NO5. The number of aliphatic carboxylic acids is 1. The largest absolute Gasteiger partial charge is 0.481 e. The van der Waals surface area contributed by atoms with E-state index in [9.17, 15) is 19.8 Å². The molecule has 4 fully saturated rings. The molecule has 0 aromatic heterocycles. The smallest absolute Gasteiger partial charge is 0.306 e. The van der Waals surface area contributed by atoms with E-state index >= 15 is 0 Å². The topological polar surface area (TPSA) is 87.1 Å². The van der Waals surface area contributed by atoms with Crippen molar-refractivity contribution in [2.45, 2.75) is 123 Å². The van der Waals surface area contributed by atoms with Crippen molar-refractivity contribution in [3.05, 3.63) is 0 Å². The zero-order valence-electron chi connectivity index (χ0n) is 26.4. The van der Waals surface area contributed by atoms with E-state index in [1.807, 2.05) is 0 Å². The minimum Gasteiger partial charge on any atom is -0.481 e. The third kappa shape index (κ3) is 7.62. The van der Waals surface area contributed by atoms with E-state index in [-0.39, 0.29) is 35.4 Å². The Morgan fingerprint density at radius 2 is 1.60 bits per heavy atom. The van der Waals surface area contributed by atoms with Crippen LogP contribution in [0.1, 0.15) is 111 Å². The van der Waals surface area contributed by atoms with Gasteiger partial charge in [0.15, 0.2) is 0 Å². The fourth-order valence-electron chi connectivity index (χ4n) is 10.4. The highest BCUT2D eigenvalue weighted by atomic mass is 35.5. The molecule has 0 bridgehead atoms. The van der Waals surface area contributed by atoms with Crippen molar-refractivity contribution in [2.24, 2.45) is 46.3 Å². The molecule has 42 heavy (non-hydrogen) atoms. The Bertz CT molecular complexity index is 899. The lowest BCUT2D eigenvalue weighted by molar-refractivity contribution is -0.183. The molecule has 242 valence electrons. The Kier molecular flexibility index (Phi) is 12.4. The molecule has 4 saturated carbocycles. The van der Waals surface area contributed by atoms with Crippen LogP contribution in [-0.4, -0.2) is 70.7 Å². The summed E-state index contributed by atoms with van der Waals surface area (Å²) in [6.07, 6.45) is 12.4. The molecule has 0 heterocycles. The number of rotatable bonds is 15. The molecule has 10 atom stereocenters. The van der Waals surface area contributed by atoms with E-state index in [2.05, 4.69) is 25.7 Å². The Balaban J connectivity index is 1.27. The highest BCUT2D eigenvalue weighted by Gasteiger charge is 2.63. The van der Waals surface area contributed by atoms with E-state index in [0.717, 1.165) is 90.3 Å². The summed E-state index contributed by atoms with van der Waals surface area (Å²) >= 11 is 11.8. The molecule has 4 rings (SSSR count). The number of aliphatic hydroxyl groups excluding tert-OH is 1. The number of unbranched alkanes of at least 4 members (excludes halogenated alkanes) is 2. The summed E-state index contributed by atoms with van der Waals surface area (Å²) < 4.78 is 6.02. The number of esters is 1. The maximum absolute atomic E-state index is 12.7. The first-order valence-corrected chi connectivity index (χ1v) is 18.0. The molecule has 0 saturated heterocycles. The second-order valence-electron chi connectivity index (χ2n) is 14.9. The first kappa shape index (κ1) is 34.3. The van der Waals surface area contributed by atoms with Gasteiger partial charge in [-0.3, -0.25) is 9.59 Å². The second-order valence-corrected chi connectivity index (χ2v) is 15.6. The minimum atomic E-state index is -0.697. The highest BCUT2D eigenvalue weighted by molar-refractivity contribution is 6.18. The van der Waals surface area contributed by atoms with E-state index < -0.39 is 5.97 Å². The molecule has 1 unspecified atom stereocenters. The van der Waals surface area contributed by atoms with Crippen LogP contribution in [-0.2, 0) is 14.3 Å². The van der Waals surface area contributed by atoms with Gasteiger partial charge in [-0.15, -0.1) is 23.2 Å². The number of hydrogen-bond acceptors (Lipinski definition) is 5. The lowest BCUT2D eigenvalue weighted by Crippen LogP contribution is -2.58. The van der Waals surface area contributed by atoms with Crippen LogP contribution in [0.5, 0.6) is 0 Å². The van der Waals surface area contributed by atoms with Gasteiger partial charge >= 0.3 is 11.9 Å². The Hall–Kier alpha value is -0.560. The first-order chi connectivity index (χ1) is 20.0. The van der Waals surface area contributed by atoms with Gasteiger partial charge in [-0.2, -0.15) is 0 Å². The maximum Gasteiger partial charge on any atom is 0.306 e. The Morgan fingerprint density at radius 1 is 0.905 bits per heavy atom. The summed E-state index contributed by atoms with van der Waals surface area (Å²) in [6.45, 7) is 9.85. The molecule has 0 spiro atoms. The fourth-order valence-corrected chi connectivity index (χ4v) is 10.9. The minimum absolute atomic E-state index is 0.0259. The van der Waals surface area contributed by atoms with Gasteiger partial charge in [-0.1, -0.05) is 27.2 Å². The van der Waals surface area contributed by atoms with Gasteiger partial charge in [0, 0.05) is 37.7 Å². The van der Waals surface area contributed by atoms with Crippen molar-refractivity contribution >= 4 is 35.1 Å². The van der Waals surface area contributed by atoms with Gasteiger partial charge in [-0.05, 0) is 124 Å². The number of carbonyl (C=O) groups is 2. The van der Waals surface area contributed by atoms with Crippen molar-refractivity contribution in [2.75, 3.05) is 31.4 Å². The molecule has 8 heteroatoms. The van der Waals surface area contributed by atoms with Crippen LogP contribution in [0.4, 0.5) is 0 Å². The number of alkyl halides is 2. The van der Waals surface area contributed by atoms with Crippen molar-refractivity contribution in [1.29, 1.82) is 0 Å². The molecule has 0 aliphatic heterocycles. The number of carboxylic acid groups (broad SMARTS) is 1. The van der Waals surface area contributed by atoms with Crippen LogP contribution >= 0.6 is 23.2 Å². The third-order valence-electron chi connectivity index (χ3n) is 12.7. The van der Waals surface area contributed by atoms with Gasteiger partial charge in [0.2, 0.25) is 0 Å². The number of fused-ring (bicyclic) bond motifs is 5. The van der Waals surface area contributed by atoms with Crippen LogP contribution < -0.4 is 0 Å². The van der Waals surface area contributed by atoms with E-state index in [1.165, 1.54) is 6.42 Å². The van der Waals surface area contributed by atoms with E-state index in [4.69, 9.17) is 27.9 Å². The summed E-state index contributed by atoms with van der Waals surface area (Å²) in [5.41, 5.74) is 0.390. The SMILES string of the molecule is C[C@H](CCC(=O)O)[C@H]1CC[C@H]2[C@@H]3[C@@H](O)CC4C[C@@H](OC(=O)CCCCCN(CCCl)CCCl)CC[C@]4(C)[C@H]3CC[C@]12C. The average Bonchev–Trinajstić information content (AvgIpc) is 3.29. The number of nitrogens with zero attached hydrogens (tertiary/aromatic N) is 1. The van der Waals surface area contributed by atoms with Crippen LogP contribution in [0.2, 0.25) is 0 Å². The predicted octanol–water partition coefficient (Wildman–Crippen LogP) is 7.37. The quantitative estimate of drug-likeness (QED) is 0.112. The van der Waals surface area contributed by atoms with Crippen molar-refractivity contribution in [1.82, 2.24) is 4.90 Å². The first-order valence-electron chi connectivity index (χ1n) is 17.0. The Morgan fingerprint density at radius 3 is 2.29 bits per heavy atom. The van der Waals surface area contributed by atoms with E-state index in [0.29, 0.717) is 53.7 Å². The molecule has 0 aromatic carbocycles. The molecule has 6 nitrogen and oxygen atoms in total. The van der Waals surface area contributed by atoms with Crippen molar-refractivity contribution in [3.63, 3.8) is 0 Å². The maximum atomic E-state index is 12.7. The summed E-state index contributed by atoms with van der Waals surface area (Å²) in [7, 11) is 0. The lowest BCUT2D eigenvalue weighted by atomic mass is 9.43. The lowest BCUT2D eigenvalue weighted by Gasteiger charge is -2.62. The van der Waals surface area contributed by atoms with Crippen LogP contribution in [0.3, 0.4) is 0 Å². The third-order valence-corrected chi connectivity index (χ3v) is 13.0. The predicted molar refractivity (Wildman–Crippen MR) is 169 cm³/mol. The van der Waals surface area contributed by atoms with Gasteiger partial charge in [0.05, 0.1) is 6.10 Å². The normalized spacial score (nSPS) is 38.4. The highest BCUT2D eigenvalue weighted by Crippen LogP contribution is 2.68.